The molecule has 3 aliphatic heterocycles. The van der Waals surface area contributed by atoms with Gasteiger partial charge in [-0.15, -0.1) is 0 Å². The third kappa shape index (κ3) is 20.0. The summed E-state index contributed by atoms with van der Waals surface area (Å²) in [6.45, 7) is 18.9. The van der Waals surface area contributed by atoms with Crippen LogP contribution in [-0.4, -0.2) is 136 Å². The Morgan fingerprint density at radius 3 is 1.31 bits per heavy atom. The van der Waals surface area contributed by atoms with Crippen molar-refractivity contribution in [2.45, 2.75) is 119 Å². The number of phenolic OH excluding ortho intramolecular Hbond substituents is 1. The van der Waals surface area contributed by atoms with E-state index in [9.17, 15) is 29.7 Å². The minimum absolute atomic E-state index is 0. The Kier molecular flexibility index (Phi) is 28.9. The molecule has 0 aliphatic carbocycles. The Balaban J connectivity index is 0.000000472. The molecule has 0 unspecified atom stereocenters. The molecule has 20 heteroatoms. The zero-order valence-corrected chi connectivity index (χ0v) is 45.2. The average Bonchev–Trinajstić information content (AvgIpc) is 3.30. The summed E-state index contributed by atoms with van der Waals surface area (Å²) >= 11 is 0. The Labute approximate surface area is 433 Å². The first-order valence-corrected chi connectivity index (χ1v) is 22.4. The quantitative estimate of drug-likeness (QED) is 0.128. The fourth-order valence-corrected chi connectivity index (χ4v) is 6.89. The number of aryl methyl sites for hydroxylation is 3. The Bertz CT molecular complexity index is 2040. The molecule has 3 fully saturated rings. The molecule has 19 nitrogen and oxygen atoms in total. The van der Waals surface area contributed by atoms with Gasteiger partial charge in [0.25, 0.3) is 0 Å². The van der Waals surface area contributed by atoms with Gasteiger partial charge in [0, 0.05) is 32.6 Å². The first-order chi connectivity index (χ1) is 32.6. The van der Waals surface area contributed by atoms with Gasteiger partial charge in [0.15, 0.2) is 46.7 Å². The van der Waals surface area contributed by atoms with Gasteiger partial charge < -0.3 is 77.6 Å². The molecular weight excluding hydrogens is 928 g/mol. The van der Waals surface area contributed by atoms with E-state index in [1.807, 2.05) is 71.9 Å². The van der Waals surface area contributed by atoms with Gasteiger partial charge in [-0.1, -0.05) is 45.9 Å². The molecule has 0 aromatic heterocycles. The Morgan fingerprint density at radius 2 is 0.900 bits per heavy atom. The molecule has 12 atom stereocenters. The number of aliphatic hydroxyl groups is 3. The van der Waals surface area contributed by atoms with Gasteiger partial charge in [-0.05, 0) is 85.7 Å². The van der Waals surface area contributed by atoms with Gasteiger partial charge in [-0.25, -0.2) is 0 Å². The summed E-state index contributed by atoms with van der Waals surface area (Å²) in [6.07, 6.45) is -7.16. The van der Waals surface area contributed by atoms with Crippen LogP contribution in [0.3, 0.4) is 0 Å². The van der Waals surface area contributed by atoms with Crippen molar-refractivity contribution >= 4 is 17.9 Å². The van der Waals surface area contributed by atoms with Gasteiger partial charge in [0.2, 0.25) is 18.9 Å². The molecule has 6 rings (SSSR count). The third-order valence-electron chi connectivity index (χ3n) is 11.2. The minimum Gasteiger partial charge on any atom is -0.857 e. The van der Waals surface area contributed by atoms with Crippen molar-refractivity contribution in [1.82, 2.24) is 0 Å². The van der Waals surface area contributed by atoms with Gasteiger partial charge in [0.1, 0.15) is 18.3 Å². The first-order valence-electron chi connectivity index (χ1n) is 22.4. The SMILES string of the molecule is CC(=O)O[C@@H]1OC[C@@H](C)[C@H](C)[C@H]1OC(C)=O.COc1ccc(C)cc1O.COc1ccc(C)cc1O[C@@H]1OC[C@@H](C)[C@H](C)[C@H]1OC(C)=O.COc1ccc(C)cc1O[C@@H]1OC[C@@H](O)[C@H](O)[C@H]1O.C[O-].[Na+]. The second kappa shape index (κ2) is 31.8. The van der Waals surface area contributed by atoms with Crippen molar-refractivity contribution in [3.8, 4) is 34.5 Å². The molecule has 0 spiro atoms. The summed E-state index contributed by atoms with van der Waals surface area (Å²) in [5.74, 6) is 2.48. The number of methoxy groups -OCH3 is 3. The van der Waals surface area contributed by atoms with E-state index < -0.39 is 61.3 Å². The number of hydrogen-bond donors (Lipinski definition) is 4. The third-order valence-corrected chi connectivity index (χ3v) is 11.2. The maximum absolute atomic E-state index is 11.4. The normalized spacial score (nSPS) is 26.5. The van der Waals surface area contributed by atoms with E-state index >= 15 is 0 Å². The van der Waals surface area contributed by atoms with Crippen LogP contribution >= 0.6 is 0 Å². The molecule has 0 bridgehead atoms. The Morgan fingerprint density at radius 1 is 0.529 bits per heavy atom. The van der Waals surface area contributed by atoms with Gasteiger partial charge in [-0.2, -0.15) is 7.11 Å². The Hall–Kier alpha value is -4.41. The number of benzene rings is 3. The smallest absolute Gasteiger partial charge is 0.857 e. The molecule has 4 N–H and O–H groups in total. The van der Waals surface area contributed by atoms with Crippen LogP contribution in [0.15, 0.2) is 54.6 Å². The van der Waals surface area contributed by atoms with Crippen LogP contribution in [0, 0.1) is 44.4 Å². The summed E-state index contributed by atoms with van der Waals surface area (Å²) in [7, 11) is 5.38. The van der Waals surface area contributed by atoms with Crippen LogP contribution in [0.1, 0.15) is 65.2 Å². The summed E-state index contributed by atoms with van der Waals surface area (Å²) in [5, 5.41) is 46.2. The van der Waals surface area contributed by atoms with Crippen molar-refractivity contribution in [3.63, 3.8) is 0 Å². The number of hydrogen-bond acceptors (Lipinski definition) is 19. The fraction of sp³-hybridized carbons (Fsp3) is 0.580. The van der Waals surface area contributed by atoms with Crippen molar-refractivity contribution in [2.75, 3.05) is 48.3 Å². The van der Waals surface area contributed by atoms with Crippen LogP contribution in [0.2, 0.25) is 0 Å². The van der Waals surface area contributed by atoms with Crippen molar-refractivity contribution in [2.24, 2.45) is 23.7 Å². The molecular formula is C50H73NaO19. The van der Waals surface area contributed by atoms with Gasteiger partial charge in [0.05, 0.1) is 41.2 Å². The number of aliphatic hydroxyl groups excluding tert-OH is 3. The molecule has 388 valence electrons. The fourth-order valence-electron chi connectivity index (χ4n) is 6.89. The van der Waals surface area contributed by atoms with Crippen LogP contribution in [0.25, 0.3) is 0 Å². The molecule has 3 aliphatic rings. The molecule has 0 amide bonds. The maximum atomic E-state index is 11.4. The van der Waals surface area contributed by atoms with Gasteiger partial charge in [-0.3, -0.25) is 14.4 Å². The minimum atomic E-state index is -1.33. The van der Waals surface area contributed by atoms with Crippen LogP contribution in [-0.2, 0) is 42.8 Å². The van der Waals surface area contributed by atoms with E-state index in [1.165, 1.54) is 35.0 Å². The van der Waals surface area contributed by atoms with E-state index in [1.54, 1.807) is 31.4 Å². The van der Waals surface area contributed by atoms with Crippen molar-refractivity contribution in [3.05, 3.63) is 71.3 Å². The van der Waals surface area contributed by atoms with Crippen molar-refractivity contribution < 1.29 is 122 Å². The number of ether oxygens (including phenoxy) is 11. The van der Waals surface area contributed by atoms with Crippen molar-refractivity contribution in [1.29, 1.82) is 0 Å². The largest absolute Gasteiger partial charge is 1.00 e. The predicted molar refractivity (Wildman–Crippen MR) is 249 cm³/mol. The predicted octanol–water partition coefficient (Wildman–Crippen LogP) is 1.56. The summed E-state index contributed by atoms with van der Waals surface area (Å²) < 4.78 is 58.7. The second-order valence-corrected chi connectivity index (χ2v) is 16.8. The molecule has 0 radical (unpaired) electrons. The molecule has 70 heavy (non-hydrogen) atoms. The average molecular weight is 1000 g/mol. The summed E-state index contributed by atoms with van der Waals surface area (Å²) in [6, 6.07) is 16.3. The number of esters is 3. The summed E-state index contributed by atoms with van der Waals surface area (Å²) in [5.41, 5.74) is 3.04. The molecule has 3 saturated heterocycles. The van der Waals surface area contributed by atoms with Crippen LogP contribution in [0.5, 0.6) is 34.5 Å². The second-order valence-electron chi connectivity index (χ2n) is 16.8. The van der Waals surface area contributed by atoms with Crippen LogP contribution in [0.4, 0.5) is 0 Å². The summed E-state index contributed by atoms with van der Waals surface area (Å²) in [4.78, 5) is 33.2. The van der Waals surface area contributed by atoms with E-state index in [0.717, 1.165) is 23.8 Å². The number of rotatable bonds is 10. The first kappa shape index (κ1) is 63.6. The topological polar surface area (TPSA) is 257 Å². The molecule has 0 saturated carbocycles. The van der Waals surface area contributed by atoms with Gasteiger partial charge >= 0.3 is 47.5 Å². The molecule has 3 aromatic rings. The monoisotopic (exact) mass is 1000 g/mol. The molecule has 3 heterocycles. The maximum Gasteiger partial charge on any atom is 1.00 e. The standard InChI is InChI=1S/C17H24O5.C13H18O6.C11H18O5.C8H10O2.CH3O.Na/c1-10-6-7-14(19-5)15(8-10)22-17-16(21-13(4)18)12(3)11(2)9-20-17;1-7-3-4-9(17-2)10(5-7)19-13-12(16)11(15)8(14)6-18-13;1-6-5-14-11(16-9(4)13)10(7(6)2)15-8(3)12;1-6-3-4-8(10-2)7(9)5-6;1-2;/h6-8,11-12,16-17H,9H2,1-5H3;3-5,8,11-16H,6H2,1-2H3;6-7,10-11H,5H2,1-4H3;3-5,9H,1-2H3;1H3;/q;;;;-1;+1/t11-,12+,16-,17+;8-,11+,12-,13+;6-,7+,10-,11+;;;/m111.../s1. The van der Waals surface area contributed by atoms with E-state index in [2.05, 4.69) is 6.92 Å². The zero-order chi connectivity index (χ0) is 52.1. The van der Waals surface area contributed by atoms with E-state index in [-0.39, 0.29) is 65.6 Å². The number of aromatic hydroxyl groups is 1. The van der Waals surface area contributed by atoms with Crippen LogP contribution < -0.4 is 58.3 Å². The zero-order valence-electron chi connectivity index (χ0n) is 43.2. The number of carbonyl (C=O) groups excluding carboxylic acids is 3. The number of phenols is 1. The molecule has 3 aromatic carbocycles. The van der Waals surface area contributed by atoms with E-state index in [4.69, 9.17) is 62.3 Å². The number of carbonyl (C=O) groups is 3. The van der Waals surface area contributed by atoms with E-state index in [0.29, 0.717) is 47.9 Å².